The lowest BCUT2D eigenvalue weighted by Gasteiger charge is -2.30. The molecule has 0 bridgehead atoms. The van der Waals surface area contributed by atoms with E-state index in [4.69, 9.17) is 24.3 Å². The van der Waals surface area contributed by atoms with Crippen LogP contribution in [0.4, 0.5) is 0 Å². The molecule has 0 radical (unpaired) electrons. The fraction of sp³-hybridized carbons (Fsp3) is 0.750. The first-order valence-corrected chi connectivity index (χ1v) is 10.0. The number of esters is 1. The van der Waals surface area contributed by atoms with Crippen LogP contribution >= 0.6 is 0 Å². The highest BCUT2D eigenvalue weighted by atomic mass is 17.2. The number of hydrogen-bond donors (Lipinski definition) is 1. The summed E-state index contributed by atoms with van der Waals surface area (Å²) in [4.78, 5) is 54.1. The van der Waals surface area contributed by atoms with E-state index >= 15 is 0 Å². The number of unbranched alkanes of at least 4 members (excludes halogenated alkanes) is 2. The number of carbonyl (C=O) groups is 3. The highest BCUT2D eigenvalue weighted by Crippen LogP contribution is 2.34. The number of aliphatic carboxylic acids is 1. The molecule has 29 heavy (non-hydrogen) atoms. The number of carboxylic acid groups (broad SMARTS) is 1. The average molecular weight is 416 g/mol. The molecule has 0 aromatic carbocycles. The van der Waals surface area contributed by atoms with Crippen LogP contribution in [0, 0.1) is 17.8 Å². The summed E-state index contributed by atoms with van der Waals surface area (Å²) in [7, 11) is 0. The third kappa shape index (κ3) is 11.0. The van der Waals surface area contributed by atoms with E-state index in [1.54, 1.807) is 6.08 Å². The van der Waals surface area contributed by atoms with Crippen molar-refractivity contribution in [1.82, 2.24) is 0 Å². The largest absolute Gasteiger partial charge is 0.481 e. The molecule has 9 heteroatoms. The van der Waals surface area contributed by atoms with Crippen LogP contribution in [0.25, 0.3) is 0 Å². The van der Waals surface area contributed by atoms with Crippen molar-refractivity contribution in [1.29, 1.82) is 0 Å². The molecule has 9 nitrogen and oxygen atoms in total. The summed E-state index contributed by atoms with van der Waals surface area (Å²) >= 11 is 0. The third-order valence-electron chi connectivity index (χ3n) is 4.68. The fourth-order valence-corrected chi connectivity index (χ4v) is 3.12. The predicted molar refractivity (Wildman–Crippen MR) is 101 cm³/mol. The molecular weight excluding hydrogens is 384 g/mol. The molecule has 3 atom stereocenters. The van der Waals surface area contributed by atoms with E-state index in [2.05, 4.69) is 6.58 Å². The first-order chi connectivity index (χ1) is 14.0. The zero-order valence-corrected chi connectivity index (χ0v) is 17.0. The first kappa shape index (κ1) is 25.1. The van der Waals surface area contributed by atoms with Crippen LogP contribution in [0.1, 0.15) is 51.9 Å². The van der Waals surface area contributed by atoms with Crippen molar-refractivity contribution < 1.29 is 43.8 Å². The molecule has 0 aromatic rings. The number of ether oxygens (including phenoxy) is 1. The van der Waals surface area contributed by atoms with Crippen LogP contribution in [0.5, 0.6) is 0 Å². The number of carbonyl (C=O) groups excluding carboxylic acids is 2. The second-order valence-electron chi connectivity index (χ2n) is 7.12. The van der Waals surface area contributed by atoms with Crippen molar-refractivity contribution in [3.63, 3.8) is 0 Å². The molecule has 1 fully saturated rings. The van der Waals surface area contributed by atoms with Gasteiger partial charge in [0.05, 0.1) is 18.4 Å². The van der Waals surface area contributed by atoms with E-state index in [1.165, 1.54) is 0 Å². The van der Waals surface area contributed by atoms with Crippen LogP contribution in [0.2, 0.25) is 0 Å². The second kappa shape index (κ2) is 14.9. The predicted octanol–water partition coefficient (Wildman–Crippen LogP) is 2.84. The maximum atomic E-state index is 12.1. The summed E-state index contributed by atoms with van der Waals surface area (Å²) < 4.78 is 4.97. The molecule has 0 saturated heterocycles. The van der Waals surface area contributed by atoms with Gasteiger partial charge >= 0.3 is 17.9 Å². The quantitative estimate of drug-likeness (QED) is 0.141. The number of carboxylic acids is 1. The van der Waals surface area contributed by atoms with Gasteiger partial charge in [-0.3, -0.25) is 14.5 Å². The van der Waals surface area contributed by atoms with E-state index < -0.39 is 23.8 Å². The van der Waals surface area contributed by atoms with Crippen molar-refractivity contribution in [2.24, 2.45) is 17.8 Å². The Balaban J connectivity index is 2.04. The topological polar surface area (TPSA) is 118 Å². The molecule has 1 rings (SSSR count). The van der Waals surface area contributed by atoms with Crippen molar-refractivity contribution in [2.75, 3.05) is 26.4 Å². The Kier molecular flexibility index (Phi) is 12.9. The zero-order chi connectivity index (χ0) is 21.5. The molecule has 1 N–H and O–H groups in total. The maximum Gasteiger partial charge on any atom is 0.346 e. The van der Waals surface area contributed by atoms with Crippen molar-refractivity contribution >= 4 is 17.9 Å². The summed E-state index contributed by atoms with van der Waals surface area (Å²) in [5, 5.41) is 9.26. The number of hydrogen-bond acceptors (Lipinski definition) is 8. The summed E-state index contributed by atoms with van der Waals surface area (Å²) in [5.41, 5.74) is 0. The molecule has 1 saturated carbocycles. The van der Waals surface area contributed by atoms with Crippen molar-refractivity contribution in [2.45, 2.75) is 51.9 Å². The molecule has 0 aliphatic heterocycles. The van der Waals surface area contributed by atoms with Crippen LogP contribution in [-0.2, 0) is 38.7 Å². The standard InChI is InChI=1S/C20H32O9/c1-3-10-26-27-13-12-25-18(21)7-5-4-6-11-28-29-20(24)17-14-15(2)8-9-16(17)19(22)23/h3,15-17H,1,4-14H2,2H3,(H,22,23). The highest BCUT2D eigenvalue weighted by Gasteiger charge is 2.39. The van der Waals surface area contributed by atoms with Gasteiger partial charge in [0, 0.05) is 6.42 Å². The molecule has 0 aromatic heterocycles. The smallest absolute Gasteiger partial charge is 0.346 e. The monoisotopic (exact) mass is 416 g/mol. The maximum absolute atomic E-state index is 12.1. The van der Waals surface area contributed by atoms with E-state index in [9.17, 15) is 19.5 Å². The van der Waals surface area contributed by atoms with Crippen molar-refractivity contribution in [3.8, 4) is 0 Å². The Morgan fingerprint density at radius 1 is 1.00 bits per heavy atom. The second-order valence-corrected chi connectivity index (χ2v) is 7.12. The fourth-order valence-electron chi connectivity index (χ4n) is 3.12. The lowest BCUT2D eigenvalue weighted by molar-refractivity contribution is -0.290. The van der Waals surface area contributed by atoms with Crippen LogP contribution in [-0.4, -0.2) is 49.4 Å². The molecule has 0 spiro atoms. The van der Waals surface area contributed by atoms with Gasteiger partial charge in [-0.1, -0.05) is 19.4 Å². The van der Waals surface area contributed by atoms with Gasteiger partial charge in [-0.05, 0) is 38.0 Å². The van der Waals surface area contributed by atoms with Crippen molar-refractivity contribution in [3.05, 3.63) is 12.7 Å². The van der Waals surface area contributed by atoms with Gasteiger partial charge < -0.3 is 9.84 Å². The lowest BCUT2D eigenvalue weighted by Crippen LogP contribution is -2.36. The van der Waals surface area contributed by atoms with E-state index in [-0.39, 0.29) is 44.7 Å². The lowest BCUT2D eigenvalue weighted by atomic mass is 9.75. The Hall–Kier alpha value is -1.97. The van der Waals surface area contributed by atoms with E-state index in [1.807, 2.05) is 6.92 Å². The minimum atomic E-state index is -0.971. The van der Waals surface area contributed by atoms with Gasteiger partial charge in [-0.25, -0.2) is 14.6 Å². The highest BCUT2D eigenvalue weighted by molar-refractivity contribution is 5.81. The van der Waals surface area contributed by atoms with Gasteiger partial charge in [0.1, 0.15) is 19.8 Å². The molecule has 166 valence electrons. The first-order valence-electron chi connectivity index (χ1n) is 10.0. The summed E-state index contributed by atoms with van der Waals surface area (Å²) in [6.45, 7) is 6.19. The van der Waals surface area contributed by atoms with Crippen LogP contribution < -0.4 is 0 Å². The Morgan fingerprint density at radius 3 is 2.52 bits per heavy atom. The van der Waals surface area contributed by atoms with Gasteiger partial charge in [-0.15, -0.1) is 6.58 Å². The van der Waals surface area contributed by atoms with Gasteiger partial charge in [-0.2, -0.15) is 4.89 Å². The molecule has 0 amide bonds. The minimum absolute atomic E-state index is 0.117. The normalized spacial score (nSPS) is 21.3. The average Bonchev–Trinajstić information content (AvgIpc) is 2.69. The molecule has 1 aliphatic rings. The molecule has 1 aliphatic carbocycles. The number of rotatable bonds is 15. The third-order valence-corrected chi connectivity index (χ3v) is 4.68. The molecule has 0 heterocycles. The Bertz CT molecular complexity index is 520. The van der Waals surface area contributed by atoms with E-state index in [0.29, 0.717) is 32.1 Å². The zero-order valence-electron chi connectivity index (χ0n) is 17.0. The summed E-state index contributed by atoms with van der Waals surface area (Å²) in [6, 6.07) is 0. The SMILES string of the molecule is C=CCOOCCOC(=O)CCCCCOOC(=O)C1CC(C)CCC1C(=O)O. The minimum Gasteiger partial charge on any atom is -0.481 e. The van der Waals surface area contributed by atoms with Gasteiger partial charge in [0.15, 0.2) is 0 Å². The van der Waals surface area contributed by atoms with Crippen LogP contribution in [0.3, 0.4) is 0 Å². The Labute approximate surface area is 171 Å². The molecular formula is C20H32O9. The summed E-state index contributed by atoms with van der Waals surface area (Å²) in [6.07, 6.45) is 5.48. The van der Waals surface area contributed by atoms with Crippen LogP contribution in [0.15, 0.2) is 12.7 Å². The van der Waals surface area contributed by atoms with E-state index in [0.717, 1.165) is 6.42 Å². The van der Waals surface area contributed by atoms with Gasteiger partial charge in [0.2, 0.25) is 0 Å². The van der Waals surface area contributed by atoms with Gasteiger partial charge in [0.25, 0.3) is 0 Å². The molecule has 3 unspecified atom stereocenters. The Morgan fingerprint density at radius 2 is 1.79 bits per heavy atom. The summed E-state index contributed by atoms with van der Waals surface area (Å²) in [5.74, 6) is -3.01.